The Morgan fingerprint density at radius 2 is 2.30 bits per heavy atom. The van der Waals surface area contributed by atoms with Crippen LogP contribution in [0.2, 0.25) is 0 Å². The quantitative estimate of drug-likeness (QED) is 0.806. The zero-order valence-electron chi connectivity index (χ0n) is 11.6. The predicted octanol–water partition coefficient (Wildman–Crippen LogP) is 0.648. The summed E-state index contributed by atoms with van der Waals surface area (Å²) in [6.45, 7) is 4.70. The van der Waals surface area contributed by atoms with E-state index < -0.39 is 10.0 Å². The molecular formula is C13H21N3O3S. The van der Waals surface area contributed by atoms with E-state index in [1.54, 1.807) is 18.3 Å². The number of rotatable bonds is 6. The van der Waals surface area contributed by atoms with E-state index in [-0.39, 0.29) is 11.1 Å². The molecule has 0 spiro atoms. The molecule has 1 saturated heterocycles. The SMILES string of the molecule is CCNCc1ccc(S(=O)(=O)NC2CCCOC2)nc1. The number of sulfonamides is 1. The molecule has 0 aliphatic carbocycles. The first-order valence-electron chi connectivity index (χ1n) is 6.87. The van der Waals surface area contributed by atoms with Gasteiger partial charge < -0.3 is 10.1 Å². The van der Waals surface area contributed by atoms with Crippen LogP contribution in [0.4, 0.5) is 0 Å². The van der Waals surface area contributed by atoms with E-state index in [2.05, 4.69) is 15.0 Å². The molecule has 1 aliphatic rings. The smallest absolute Gasteiger partial charge is 0.258 e. The van der Waals surface area contributed by atoms with Gasteiger partial charge in [0, 0.05) is 25.4 Å². The minimum absolute atomic E-state index is 0.0586. The van der Waals surface area contributed by atoms with Crippen LogP contribution in [0.15, 0.2) is 23.4 Å². The maximum atomic E-state index is 12.2. The number of hydrogen-bond acceptors (Lipinski definition) is 5. The Morgan fingerprint density at radius 3 is 2.90 bits per heavy atom. The largest absolute Gasteiger partial charge is 0.380 e. The highest BCUT2D eigenvalue weighted by atomic mass is 32.2. The fourth-order valence-corrected chi connectivity index (χ4v) is 3.24. The molecule has 2 N–H and O–H groups in total. The van der Waals surface area contributed by atoms with Crippen LogP contribution in [0.3, 0.4) is 0 Å². The molecule has 1 aromatic rings. The van der Waals surface area contributed by atoms with Crippen LogP contribution in [0, 0.1) is 0 Å². The van der Waals surface area contributed by atoms with Gasteiger partial charge in [-0.1, -0.05) is 13.0 Å². The van der Waals surface area contributed by atoms with Gasteiger partial charge in [-0.15, -0.1) is 0 Å². The highest BCUT2D eigenvalue weighted by Crippen LogP contribution is 2.11. The fourth-order valence-electron chi connectivity index (χ4n) is 2.06. The second-order valence-corrected chi connectivity index (χ2v) is 6.48. The van der Waals surface area contributed by atoms with E-state index in [4.69, 9.17) is 4.74 Å². The number of nitrogens with zero attached hydrogens (tertiary/aromatic N) is 1. The van der Waals surface area contributed by atoms with Gasteiger partial charge in [-0.2, -0.15) is 0 Å². The second kappa shape index (κ2) is 7.12. The molecule has 7 heteroatoms. The highest BCUT2D eigenvalue weighted by molar-refractivity contribution is 7.89. The topological polar surface area (TPSA) is 80.3 Å². The van der Waals surface area contributed by atoms with Gasteiger partial charge in [0.1, 0.15) is 0 Å². The summed E-state index contributed by atoms with van der Waals surface area (Å²) in [6, 6.07) is 3.16. The summed E-state index contributed by atoms with van der Waals surface area (Å²) in [6.07, 6.45) is 3.27. The predicted molar refractivity (Wildman–Crippen MR) is 75.8 cm³/mol. The van der Waals surface area contributed by atoms with Gasteiger partial charge >= 0.3 is 0 Å². The Balaban J connectivity index is 2.01. The molecule has 1 unspecified atom stereocenters. The number of nitrogens with one attached hydrogen (secondary N) is 2. The molecule has 1 aromatic heterocycles. The van der Waals surface area contributed by atoms with E-state index in [9.17, 15) is 8.42 Å². The molecule has 2 rings (SSSR count). The van der Waals surface area contributed by atoms with Crippen molar-refractivity contribution in [3.8, 4) is 0 Å². The van der Waals surface area contributed by atoms with Gasteiger partial charge in [-0.3, -0.25) is 0 Å². The maximum Gasteiger partial charge on any atom is 0.258 e. The second-order valence-electron chi connectivity index (χ2n) is 4.82. The Bertz CT molecular complexity index is 510. The normalized spacial score (nSPS) is 19.9. The molecule has 0 saturated carbocycles. The minimum Gasteiger partial charge on any atom is -0.380 e. The zero-order valence-corrected chi connectivity index (χ0v) is 12.4. The summed E-state index contributed by atoms with van der Waals surface area (Å²) in [4.78, 5) is 4.04. The highest BCUT2D eigenvalue weighted by Gasteiger charge is 2.23. The molecule has 1 fully saturated rings. The van der Waals surface area contributed by atoms with Crippen LogP contribution in [0.5, 0.6) is 0 Å². The average molecular weight is 299 g/mol. The van der Waals surface area contributed by atoms with Crippen LogP contribution in [-0.4, -0.2) is 39.2 Å². The van der Waals surface area contributed by atoms with Gasteiger partial charge in [0.2, 0.25) is 0 Å². The third-order valence-electron chi connectivity index (χ3n) is 3.13. The first-order valence-corrected chi connectivity index (χ1v) is 8.36. The molecule has 112 valence electrons. The van der Waals surface area contributed by atoms with Crippen LogP contribution >= 0.6 is 0 Å². The molecule has 20 heavy (non-hydrogen) atoms. The molecule has 0 radical (unpaired) electrons. The van der Waals surface area contributed by atoms with Crippen molar-refractivity contribution in [2.75, 3.05) is 19.8 Å². The Kier molecular flexibility index (Phi) is 5.47. The van der Waals surface area contributed by atoms with Crippen molar-refractivity contribution in [3.05, 3.63) is 23.9 Å². The lowest BCUT2D eigenvalue weighted by atomic mass is 10.1. The summed E-state index contributed by atoms with van der Waals surface area (Å²) >= 11 is 0. The molecule has 6 nitrogen and oxygen atoms in total. The van der Waals surface area contributed by atoms with Crippen molar-refractivity contribution in [1.29, 1.82) is 0 Å². The molecule has 2 heterocycles. The molecule has 0 amide bonds. The van der Waals surface area contributed by atoms with Gasteiger partial charge in [-0.05, 0) is 31.0 Å². The van der Waals surface area contributed by atoms with Crippen molar-refractivity contribution in [3.63, 3.8) is 0 Å². The van der Waals surface area contributed by atoms with Crippen LogP contribution < -0.4 is 10.0 Å². The third kappa shape index (κ3) is 4.24. The number of aromatic nitrogens is 1. The van der Waals surface area contributed by atoms with Crippen LogP contribution in [-0.2, 0) is 21.3 Å². The monoisotopic (exact) mass is 299 g/mol. The van der Waals surface area contributed by atoms with Crippen molar-refractivity contribution in [2.24, 2.45) is 0 Å². The first-order chi connectivity index (χ1) is 9.62. The zero-order chi connectivity index (χ0) is 14.4. The van der Waals surface area contributed by atoms with E-state index in [0.29, 0.717) is 19.8 Å². The van der Waals surface area contributed by atoms with Crippen molar-refractivity contribution in [2.45, 2.75) is 37.4 Å². The Hall–Kier alpha value is -1.02. The molecule has 1 aliphatic heterocycles. The van der Waals surface area contributed by atoms with Gasteiger partial charge in [0.05, 0.1) is 6.61 Å². The van der Waals surface area contributed by atoms with Crippen LogP contribution in [0.1, 0.15) is 25.3 Å². The number of hydrogen-bond donors (Lipinski definition) is 2. The Labute approximate surface area is 120 Å². The van der Waals surface area contributed by atoms with E-state index in [1.807, 2.05) is 6.92 Å². The van der Waals surface area contributed by atoms with E-state index >= 15 is 0 Å². The minimum atomic E-state index is -3.56. The number of pyridine rings is 1. The van der Waals surface area contributed by atoms with Crippen LogP contribution in [0.25, 0.3) is 0 Å². The summed E-state index contributed by atoms with van der Waals surface area (Å²) in [7, 11) is -3.56. The van der Waals surface area contributed by atoms with E-state index in [0.717, 1.165) is 24.9 Å². The summed E-state index contributed by atoms with van der Waals surface area (Å²) in [5.41, 5.74) is 0.965. The summed E-state index contributed by atoms with van der Waals surface area (Å²) < 4.78 is 32.3. The van der Waals surface area contributed by atoms with Crippen molar-refractivity contribution >= 4 is 10.0 Å². The maximum absolute atomic E-state index is 12.2. The number of ether oxygens (including phenoxy) is 1. The first kappa shape index (κ1) is 15.4. The third-order valence-corrected chi connectivity index (χ3v) is 4.57. The molecular weight excluding hydrogens is 278 g/mol. The van der Waals surface area contributed by atoms with Crippen molar-refractivity contribution < 1.29 is 13.2 Å². The van der Waals surface area contributed by atoms with Crippen molar-refractivity contribution in [1.82, 2.24) is 15.0 Å². The molecule has 0 aromatic carbocycles. The van der Waals surface area contributed by atoms with E-state index in [1.165, 1.54) is 0 Å². The summed E-state index contributed by atoms with van der Waals surface area (Å²) in [5.74, 6) is 0. The van der Waals surface area contributed by atoms with Gasteiger partial charge in [-0.25, -0.2) is 18.1 Å². The lowest BCUT2D eigenvalue weighted by Gasteiger charge is -2.22. The molecule has 1 atom stereocenters. The fraction of sp³-hybridized carbons (Fsp3) is 0.615. The lowest BCUT2D eigenvalue weighted by Crippen LogP contribution is -2.40. The van der Waals surface area contributed by atoms with Gasteiger partial charge in [0.25, 0.3) is 10.0 Å². The summed E-state index contributed by atoms with van der Waals surface area (Å²) in [5, 5.41) is 3.23. The lowest BCUT2D eigenvalue weighted by molar-refractivity contribution is 0.0774. The molecule has 0 bridgehead atoms. The van der Waals surface area contributed by atoms with Gasteiger partial charge in [0.15, 0.2) is 5.03 Å². The standard InChI is InChI=1S/C13H21N3O3S/c1-2-14-8-11-5-6-13(15-9-11)20(17,18)16-12-4-3-7-19-10-12/h5-6,9,12,14,16H,2-4,7-8,10H2,1H3. The average Bonchev–Trinajstić information content (AvgIpc) is 2.46. The Morgan fingerprint density at radius 1 is 1.45 bits per heavy atom.